The molecule has 0 aliphatic carbocycles. The van der Waals surface area contributed by atoms with Crippen LogP contribution < -0.4 is 10.6 Å². The van der Waals surface area contributed by atoms with Crippen LogP contribution in [0.3, 0.4) is 0 Å². The largest absolute Gasteiger partial charge is 0.383 e. The Kier molecular flexibility index (Phi) is 7.27. The number of amides is 1. The summed E-state index contributed by atoms with van der Waals surface area (Å²) in [6, 6.07) is 6.04. The number of nitrogens with one attached hydrogen (secondary N) is 2. The molecule has 1 aliphatic rings. The predicted octanol–water partition coefficient (Wildman–Crippen LogP) is 1.95. The number of piperidine rings is 1. The van der Waals surface area contributed by atoms with E-state index >= 15 is 0 Å². The van der Waals surface area contributed by atoms with E-state index in [1.807, 2.05) is 19.1 Å². The zero-order valence-corrected chi connectivity index (χ0v) is 16.5. The molecule has 3 heterocycles. The number of likely N-dealkylation sites (tertiary alicyclic amines) is 1. The van der Waals surface area contributed by atoms with Gasteiger partial charge in [0.05, 0.1) is 19.3 Å². The third-order valence-corrected chi connectivity index (χ3v) is 4.79. The van der Waals surface area contributed by atoms with Crippen molar-refractivity contribution >= 4 is 17.5 Å². The molecule has 1 unspecified atom stereocenters. The monoisotopic (exact) mass is 384 g/mol. The maximum atomic E-state index is 12.1. The van der Waals surface area contributed by atoms with E-state index in [2.05, 4.69) is 31.6 Å². The Morgan fingerprint density at radius 3 is 2.82 bits per heavy atom. The van der Waals surface area contributed by atoms with Crippen molar-refractivity contribution in [3.8, 4) is 0 Å². The summed E-state index contributed by atoms with van der Waals surface area (Å²) in [7, 11) is 1.64. The maximum absolute atomic E-state index is 12.1. The number of rotatable bonds is 8. The van der Waals surface area contributed by atoms with Gasteiger partial charge in [-0.2, -0.15) is 0 Å². The standard InChI is InChI=1S/C20H28N6O2/c1-15(14-28-2)23-20(27)13-26-10-6-16(7-11-26)17-4-3-5-18(24-17)25-19-12-21-8-9-22-19/h3-5,8-9,12,15-16H,6-7,10-11,13-14H2,1-2H3,(H,23,27)(H,22,24,25). The molecule has 8 nitrogen and oxygen atoms in total. The Hall–Kier alpha value is -2.58. The van der Waals surface area contributed by atoms with Gasteiger partial charge in [-0.25, -0.2) is 9.97 Å². The molecule has 150 valence electrons. The second-order valence-electron chi connectivity index (χ2n) is 7.14. The van der Waals surface area contributed by atoms with E-state index in [1.54, 1.807) is 25.7 Å². The zero-order valence-electron chi connectivity index (χ0n) is 16.5. The average Bonchev–Trinajstić information content (AvgIpc) is 2.69. The number of aromatic nitrogens is 3. The summed E-state index contributed by atoms with van der Waals surface area (Å²) in [6.07, 6.45) is 6.94. The number of carbonyl (C=O) groups is 1. The van der Waals surface area contributed by atoms with Gasteiger partial charge in [0.1, 0.15) is 11.6 Å². The van der Waals surface area contributed by atoms with E-state index in [1.165, 1.54) is 0 Å². The van der Waals surface area contributed by atoms with Crippen LogP contribution >= 0.6 is 0 Å². The molecule has 1 fully saturated rings. The zero-order chi connectivity index (χ0) is 19.8. The van der Waals surface area contributed by atoms with Crippen LogP contribution in [-0.2, 0) is 9.53 Å². The summed E-state index contributed by atoms with van der Waals surface area (Å²) in [6.45, 7) is 4.68. The molecular weight excluding hydrogens is 356 g/mol. The average molecular weight is 384 g/mol. The normalized spacial score (nSPS) is 16.5. The Labute approximate surface area is 165 Å². The molecule has 1 atom stereocenters. The number of hydrogen-bond acceptors (Lipinski definition) is 7. The summed E-state index contributed by atoms with van der Waals surface area (Å²) in [4.78, 5) is 27.3. The number of pyridine rings is 1. The van der Waals surface area contributed by atoms with Crippen LogP contribution in [0.15, 0.2) is 36.8 Å². The molecule has 0 radical (unpaired) electrons. The lowest BCUT2D eigenvalue weighted by Gasteiger charge is -2.31. The van der Waals surface area contributed by atoms with E-state index < -0.39 is 0 Å². The van der Waals surface area contributed by atoms with Crippen LogP contribution in [0.2, 0.25) is 0 Å². The van der Waals surface area contributed by atoms with Gasteiger partial charge in [0.25, 0.3) is 0 Å². The summed E-state index contributed by atoms with van der Waals surface area (Å²) in [5.74, 6) is 1.90. The third kappa shape index (κ3) is 5.97. The van der Waals surface area contributed by atoms with Crippen LogP contribution in [0.4, 0.5) is 11.6 Å². The molecule has 0 bridgehead atoms. The number of carbonyl (C=O) groups excluding carboxylic acids is 1. The molecule has 0 spiro atoms. The third-order valence-electron chi connectivity index (χ3n) is 4.79. The van der Waals surface area contributed by atoms with Crippen molar-refractivity contribution in [1.29, 1.82) is 0 Å². The number of nitrogens with zero attached hydrogens (tertiary/aromatic N) is 4. The SMILES string of the molecule is COCC(C)NC(=O)CN1CCC(c2cccc(Nc3cnccn3)n2)CC1. The van der Waals surface area contributed by atoms with E-state index in [4.69, 9.17) is 9.72 Å². The Bertz CT molecular complexity index is 749. The van der Waals surface area contributed by atoms with Gasteiger partial charge in [-0.1, -0.05) is 6.07 Å². The quantitative estimate of drug-likeness (QED) is 0.718. The lowest BCUT2D eigenvalue weighted by atomic mass is 9.93. The Morgan fingerprint density at radius 1 is 1.29 bits per heavy atom. The summed E-state index contributed by atoms with van der Waals surface area (Å²) < 4.78 is 5.06. The van der Waals surface area contributed by atoms with Crippen molar-refractivity contribution in [2.45, 2.75) is 31.7 Å². The lowest BCUT2D eigenvalue weighted by Crippen LogP contribution is -2.44. The van der Waals surface area contributed by atoms with Gasteiger partial charge < -0.3 is 15.4 Å². The molecule has 2 aromatic rings. The molecule has 1 saturated heterocycles. The van der Waals surface area contributed by atoms with Crippen molar-refractivity contribution in [3.05, 3.63) is 42.5 Å². The van der Waals surface area contributed by atoms with Gasteiger partial charge in [0, 0.05) is 37.2 Å². The van der Waals surface area contributed by atoms with Crippen LogP contribution in [0.1, 0.15) is 31.4 Å². The van der Waals surface area contributed by atoms with Crippen molar-refractivity contribution in [2.24, 2.45) is 0 Å². The molecule has 3 rings (SSSR count). The molecule has 2 N–H and O–H groups in total. The fourth-order valence-electron chi connectivity index (χ4n) is 3.45. The molecule has 8 heteroatoms. The van der Waals surface area contributed by atoms with Crippen LogP contribution in [0, 0.1) is 0 Å². The van der Waals surface area contributed by atoms with E-state index in [0.717, 1.165) is 37.4 Å². The maximum Gasteiger partial charge on any atom is 0.234 e. The van der Waals surface area contributed by atoms with Crippen LogP contribution in [0.5, 0.6) is 0 Å². The second kappa shape index (κ2) is 10.1. The van der Waals surface area contributed by atoms with Gasteiger partial charge in [0.2, 0.25) is 5.91 Å². The highest BCUT2D eigenvalue weighted by Gasteiger charge is 2.23. The van der Waals surface area contributed by atoms with Crippen molar-refractivity contribution in [1.82, 2.24) is 25.2 Å². The van der Waals surface area contributed by atoms with Gasteiger partial charge in [-0.05, 0) is 45.0 Å². The Morgan fingerprint density at radius 2 is 2.11 bits per heavy atom. The van der Waals surface area contributed by atoms with Gasteiger partial charge >= 0.3 is 0 Å². The first kappa shape index (κ1) is 20.2. The smallest absolute Gasteiger partial charge is 0.234 e. The van der Waals surface area contributed by atoms with E-state index in [9.17, 15) is 4.79 Å². The molecule has 0 aromatic carbocycles. The van der Waals surface area contributed by atoms with Gasteiger partial charge in [-0.3, -0.25) is 14.7 Å². The number of hydrogen-bond donors (Lipinski definition) is 2. The van der Waals surface area contributed by atoms with Crippen molar-refractivity contribution < 1.29 is 9.53 Å². The summed E-state index contributed by atoms with van der Waals surface area (Å²) in [5.41, 5.74) is 1.08. The predicted molar refractivity (Wildman–Crippen MR) is 107 cm³/mol. The first-order valence-electron chi connectivity index (χ1n) is 9.64. The summed E-state index contributed by atoms with van der Waals surface area (Å²) in [5, 5.41) is 6.15. The summed E-state index contributed by atoms with van der Waals surface area (Å²) >= 11 is 0. The first-order chi connectivity index (χ1) is 13.6. The first-order valence-corrected chi connectivity index (χ1v) is 9.64. The van der Waals surface area contributed by atoms with E-state index in [-0.39, 0.29) is 11.9 Å². The van der Waals surface area contributed by atoms with Crippen LogP contribution in [-0.4, -0.2) is 65.2 Å². The van der Waals surface area contributed by atoms with Gasteiger partial charge in [-0.15, -0.1) is 0 Å². The molecule has 2 aromatic heterocycles. The molecule has 1 amide bonds. The highest BCUT2D eigenvalue weighted by atomic mass is 16.5. The van der Waals surface area contributed by atoms with E-state index in [0.29, 0.717) is 24.9 Å². The molecule has 0 saturated carbocycles. The molecular formula is C20H28N6O2. The van der Waals surface area contributed by atoms with Crippen molar-refractivity contribution in [3.63, 3.8) is 0 Å². The van der Waals surface area contributed by atoms with Crippen molar-refractivity contribution in [2.75, 3.05) is 38.7 Å². The van der Waals surface area contributed by atoms with Crippen LogP contribution in [0.25, 0.3) is 0 Å². The minimum absolute atomic E-state index is 0.0313. The highest BCUT2D eigenvalue weighted by Crippen LogP contribution is 2.27. The topological polar surface area (TPSA) is 92.3 Å². The lowest BCUT2D eigenvalue weighted by molar-refractivity contribution is -0.123. The number of ether oxygens (including phenoxy) is 1. The Balaban J connectivity index is 1.49. The molecule has 1 aliphatic heterocycles. The number of methoxy groups -OCH3 is 1. The second-order valence-corrected chi connectivity index (χ2v) is 7.14. The minimum atomic E-state index is 0.0313. The fourth-order valence-corrected chi connectivity index (χ4v) is 3.45. The minimum Gasteiger partial charge on any atom is -0.383 e. The number of anilines is 2. The molecule has 28 heavy (non-hydrogen) atoms. The highest BCUT2D eigenvalue weighted by molar-refractivity contribution is 5.78. The van der Waals surface area contributed by atoms with Gasteiger partial charge in [0.15, 0.2) is 0 Å². The fraction of sp³-hybridized carbons (Fsp3) is 0.500.